The molecule has 0 saturated carbocycles. The first-order chi connectivity index (χ1) is 7.27. The van der Waals surface area contributed by atoms with Crippen LogP contribution in [0, 0.1) is 11.7 Å². The molecule has 1 saturated heterocycles. The summed E-state index contributed by atoms with van der Waals surface area (Å²) in [6, 6.07) is 6.14. The predicted molar refractivity (Wildman–Crippen MR) is 57.0 cm³/mol. The summed E-state index contributed by atoms with van der Waals surface area (Å²) >= 11 is 0. The standard InChI is InChI=1S/C12H16FNO/c13-11-3-1-9(2-4-11)12(15)10-5-7-14-8-6-10/h1-4,10,12,14-15H,5-8H2/t12-/m0/s1. The molecule has 2 nitrogen and oxygen atoms in total. The lowest BCUT2D eigenvalue weighted by molar-refractivity contribution is 0.0889. The van der Waals surface area contributed by atoms with Crippen molar-refractivity contribution in [3.63, 3.8) is 0 Å². The fourth-order valence-electron chi connectivity index (χ4n) is 2.09. The zero-order valence-corrected chi connectivity index (χ0v) is 8.62. The second kappa shape index (κ2) is 4.73. The van der Waals surface area contributed by atoms with Crippen LogP contribution < -0.4 is 5.32 Å². The van der Waals surface area contributed by atoms with Crippen molar-refractivity contribution in [2.75, 3.05) is 13.1 Å². The fourth-order valence-corrected chi connectivity index (χ4v) is 2.09. The summed E-state index contributed by atoms with van der Waals surface area (Å²) in [5, 5.41) is 13.3. The van der Waals surface area contributed by atoms with Crippen molar-refractivity contribution < 1.29 is 9.50 Å². The molecule has 2 N–H and O–H groups in total. The number of halogens is 1. The number of benzene rings is 1. The third-order valence-corrected chi connectivity index (χ3v) is 3.04. The maximum Gasteiger partial charge on any atom is 0.123 e. The van der Waals surface area contributed by atoms with E-state index in [1.807, 2.05) is 0 Å². The number of hydrogen-bond acceptors (Lipinski definition) is 2. The second-order valence-electron chi connectivity index (χ2n) is 4.08. The zero-order valence-electron chi connectivity index (χ0n) is 8.62. The minimum Gasteiger partial charge on any atom is -0.388 e. The highest BCUT2D eigenvalue weighted by Crippen LogP contribution is 2.28. The topological polar surface area (TPSA) is 32.3 Å². The molecule has 1 aromatic rings. The van der Waals surface area contributed by atoms with Crippen LogP contribution in [0.3, 0.4) is 0 Å². The molecular weight excluding hydrogens is 193 g/mol. The minimum atomic E-state index is -0.451. The van der Waals surface area contributed by atoms with Crippen LogP contribution in [0.25, 0.3) is 0 Å². The highest BCUT2D eigenvalue weighted by Gasteiger charge is 2.22. The van der Waals surface area contributed by atoms with Gasteiger partial charge in [0.15, 0.2) is 0 Å². The number of aliphatic hydroxyl groups is 1. The lowest BCUT2D eigenvalue weighted by Crippen LogP contribution is -2.30. The summed E-state index contributed by atoms with van der Waals surface area (Å²) in [7, 11) is 0. The largest absolute Gasteiger partial charge is 0.388 e. The molecule has 82 valence electrons. The monoisotopic (exact) mass is 209 g/mol. The van der Waals surface area contributed by atoms with Gasteiger partial charge in [0, 0.05) is 0 Å². The van der Waals surface area contributed by atoms with Gasteiger partial charge in [0.1, 0.15) is 5.82 Å². The van der Waals surface area contributed by atoms with Gasteiger partial charge >= 0.3 is 0 Å². The quantitative estimate of drug-likeness (QED) is 0.779. The molecule has 0 unspecified atom stereocenters. The van der Waals surface area contributed by atoms with Gasteiger partial charge in [-0.1, -0.05) is 12.1 Å². The highest BCUT2D eigenvalue weighted by molar-refractivity contribution is 5.19. The van der Waals surface area contributed by atoms with E-state index in [0.717, 1.165) is 31.5 Å². The normalized spacial score (nSPS) is 20.1. The summed E-state index contributed by atoms with van der Waals surface area (Å²) in [4.78, 5) is 0. The second-order valence-corrected chi connectivity index (χ2v) is 4.08. The number of nitrogens with one attached hydrogen (secondary N) is 1. The van der Waals surface area contributed by atoms with Gasteiger partial charge < -0.3 is 10.4 Å². The van der Waals surface area contributed by atoms with E-state index in [2.05, 4.69) is 5.32 Å². The van der Waals surface area contributed by atoms with Gasteiger partial charge in [0.25, 0.3) is 0 Å². The van der Waals surface area contributed by atoms with Crippen LogP contribution in [0.1, 0.15) is 24.5 Å². The molecule has 1 aromatic carbocycles. The predicted octanol–water partition coefficient (Wildman–Crippen LogP) is 1.86. The van der Waals surface area contributed by atoms with E-state index in [1.54, 1.807) is 12.1 Å². The molecule has 1 aliphatic heterocycles. The molecular formula is C12H16FNO. The number of rotatable bonds is 2. The summed E-state index contributed by atoms with van der Waals surface area (Å²) in [6.07, 6.45) is 1.52. The third kappa shape index (κ3) is 2.55. The maximum absolute atomic E-state index is 12.7. The maximum atomic E-state index is 12.7. The Morgan fingerprint density at radius 3 is 2.40 bits per heavy atom. The van der Waals surface area contributed by atoms with Crippen molar-refractivity contribution in [2.45, 2.75) is 18.9 Å². The SMILES string of the molecule is O[C@@H](c1ccc(F)cc1)C1CCNCC1. The molecule has 0 radical (unpaired) electrons. The Morgan fingerprint density at radius 2 is 1.80 bits per heavy atom. The average Bonchev–Trinajstić information content (AvgIpc) is 2.30. The first-order valence-corrected chi connectivity index (χ1v) is 5.41. The van der Waals surface area contributed by atoms with Crippen LogP contribution in [0.2, 0.25) is 0 Å². The Hall–Kier alpha value is -0.930. The number of aliphatic hydroxyl groups excluding tert-OH is 1. The van der Waals surface area contributed by atoms with Crippen molar-refractivity contribution in [3.05, 3.63) is 35.6 Å². The van der Waals surface area contributed by atoms with Gasteiger partial charge in [-0.05, 0) is 49.5 Å². The van der Waals surface area contributed by atoms with Crippen molar-refractivity contribution in [1.29, 1.82) is 0 Å². The fraction of sp³-hybridized carbons (Fsp3) is 0.500. The van der Waals surface area contributed by atoms with Gasteiger partial charge in [-0.3, -0.25) is 0 Å². The first-order valence-electron chi connectivity index (χ1n) is 5.41. The average molecular weight is 209 g/mol. The molecule has 0 amide bonds. The Balaban J connectivity index is 2.05. The zero-order chi connectivity index (χ0) is 10.7. The van der Waals surface area contributed by atoms with E-state index >= 15 is 0 Å². The number of piperidine rings is 1. The van der Waals surface area contributed by atoms with Gasteiger partial charge in [-0.2, -0.15) is 0 Å². The van der Waals surface area contributed by atoms with Crippen LogP contribution in [-0.4, -0.2) is 18.2 Å². The molecule has 1 heterocycles. The molecule has 15 heavy (non-hydrogen) atoms. The molecule has 3 heteroatoms. The van der Waals surface area contributed by atoms with E-state index in [4.69, 9.17) is 0 Å². The van der Waals surface area contributed by atoms with Gasteiger partial charge in [0.2, 0.25) is 0 Å². The van der Waals surface area contributed by atoms with Crippen LogP contribution >= 0.6 is 0 Å². The molecule has 0 spiro atoms. The highest BCUT2D eigenvalue weighted by atomic mass is 19.1. The Kier molecular flexibility index (Phi) is 3.34. The van der Waals surface area contributed by atoms with E-state index in [-0.39, 0.29) is 5.82 Å². The van der Waals surface area contributed by atoms with Gasteiger partial charge in [0.05, 0.1) is 6.10 Å². The van der Waals surface area contributed by atoms with Crippen LogP contribution in [0.5, 0.6) is 0 Å². The Morgan fingerprint density at radius 1 is 1.20 bits per heavy atom. The Bertz CT molecular complexity index is 306. The van der Waals surface area contributed by atoms with Gasteiger partial charge in [-0.15, -0.1) is 0 Å². The van der Waals surface area contributed by atoms with Gasteiger partial charge in [-0.25, -0.2) is 4.39 Å². The molecule has 0 bridgehead atoms. The third-order valence-electron chi connectivity index (χ3n) is 3.04. The molecule has 0 aliphatic carbocycles. The van der Waals surface area contributed by atoms with E-state index in [0.29, 0.717) is 5.92 Å². The van der Waals surface area contributed by atoms with Crippen LogP contribution in [0.15, 0.2) is 24.3 Å². The first kappa shape index (κ1) is 10.6. The van der Waals surface area contributed by atoms with E-state index in [9.17, 15) is 9.50 Å². The lowest BCUT2D eigenvalue weighted by Gasteiger charge is -2.27. The molecule has 0 aromatic heterocycles. The lowest BCUT2D eigenvalue weighted by atomic mass is 9.88. The van der Waals surface area contributed by atoms with Crippen LogP contribution in [-0.2, 0) is 0 Å². The summed E-state index contributed by atoms with van der Waals surface area (Å²) in [5.41, 5.74) is 0.823. The Labute approximate surface area is 89.1 Å². The van der Waals surface area contributed by atoms with Crippen molar-refractivity contribution in [3.8, 4) is 0 Å². The molecule has 2 rings (SSSR count). The van der Waals surface area contributed by atoms with Crippen molar-refractivity contribution in [1.82, 2.24) is 5.32 Å². The van der Waals surface area contributed by atoms with Crippen molar-refractivity contribution >= 4 is 0 Å². The smallest absolute Gasteiger partial charge is 0.123 e. The summed E-state index contributed by atoms with van der Waals surface area (Å²) in [6.45, 7) is 1.92. The summed E-state index contributed by atoms with van der Waals surface area (Å²) in [5.74, 6) is 0.0490. The van der Waals surface area contributed by atoms with E-state index < -0.39 is 6.10 Å². The van der Waals surface area contributed by atoms with E-state index in [1.165, 1.54) is 12.1 Å². The molecule has 1 atom stereocenters. The minimum absolute atomic E-state index is 0.253. The molecule has 1 aliphatic rings. The molecule has 1 fully saturated rings. The van der Waals surface area contributed by atoms with Crippen molar-refractivity contribution in [2.24, 2.45) is 5.92 Å². The summed E-state index contributed by atoms with van der Waals surface area (Å²) < 4.78 is 12.7. The van der Waals surface area contributed by atoms with Crippen LogP contribution in [0.4, 0.5) is 4.39 Å². The number of hydrogen-bond donors (Lipinski definition) is 2.